The predicted molar refractivity (Wildman–Crippen MR) is 74.7 cm³/mol. The van der Waals surface area contributed by atoms with Crippen LogP contribution in [-0.4, -0.2) is 16.0 Å². The van der Waals surface area contributed by atoms with E-state index in [-0.39, 0.29) is 6.04 Å². The lowest BCUT2D eigenvalue weighted by atomic mass is 10.1. The van der Waals surface area contributed by atoms with Crippen LogP contribution in [0.2, 0.25) is 0 Å². The fourth-order valence-electron chi connectivity index (χ4n) is 1.58. The molecule has 4 heteroatoms. The minimum atomic E-state index is 0.143. The van der Waals surface area contributed by atoms with Crippen molar-refractivity contribution in [2.45, 2.75) is 36.4 Å². The summed E-state index contributed by atoms with van der Waals surface area (Å²) in [6, 6.07) is 8.49. The van der Waals surface area contributed by atoms with Crippen LogP contribution >= 0.6 is 11.8 Å². The van der Waals surface area contributed by atoms with E-state index in [0.29, 0.717) is 0 Å². The first-order chi connectivity index (χ1) is 8.63. The first kappa shape index (κ1) is 13.1. The van der Waals surface area contributed by atoms with Gasteiger partial charge in [0.25, 0.3) is 0 Å². The van der Waals surface area contributed by atoms with Crippen LogP contribution in [0.4, 0.5) is 0 Å². The lowest BCUT2D eigenvalue weighted by Crippen LogP contribution is -2.17. The summed E-state index contributed by atoms with van der Waals surface area (Å²) in [5.74, 6) is 0. The van der Waals surface area contributed by atoms with Crippen molar-refractivity contribution < 1.29 is 0 Å². The van der Waals surface area contributed by atoms with Crippen molar-refractivity contribution in [1.29, 1.82) is 0 Å². The highest BCUT2D eigenvalue weighted by atomic mass is 32.2. The maximum atomic E-state index is 5.74. The maximum absolute atomic E-state index is 5.74. The number of nitrogens with two attached hydrogens (primary N) is 1. The number of aryl methyl sites for hydroxylation is 1. The summed E-state index contributed by atoms with van der Waals surface area (Å²) in [4.78, 5) is 9.84. The molecule has 0 aliphatic carbocycles. The fourth-order valence-corrected chi connectivity index (χ4v) is 2.28. The van der Waals surface area contributed by atoms with Gasteiger partial charge in [-0.3, -0.25) is 0 Å². The van der Waals surface area contributed by atoms with Gasteiger partial charge in [0.1, 0.15) is 0 Å². The molecule has 94 valence electrons. The smallest absolute Gasteiger partial charge is 0.192 e. The van der Waals surface area contributed by atoms with Crippen LogP contribution in [0.25, 0.3) is 0 Å². The molecule has 1 heterocycles. The van der Waals surface area contributed by atoms with Gasteiger partial charge in [-0.05, 0) is 49.7 Å². The summed E-state index contributed by atoms with van der Waals surface area (Å²) in [7, 11) is 0. The Bertz CT molecular complexity index is 491. The van der Waals surface area contributed by atoms with Crippen LogP contribution in [0.5, 0.6) is 0 Å². The van der Waals surface area contributed by atoms with E-state index < -0.39 is 0 Å². The first-order valence-corrected chi connectivity index (χ1v) is 6.76. The highest BCUT2D eigenvalue weighted by molar-refractivity contribution is 7.99. The van der Waals surface area contributed by atoms with Crippen LogP contribution < -0.4 is 5.73 Å². The lowest BCUT2D eigenvalue weighted by Gasteiger charge is -2.05. The molecule has 0 amide bonds. The molecule has 2 aromatic rings. The van der Waals surface area contributed by atoms with E-state index >= 15 is 0 Å². The maximum Gasteiger partial charge on any atom is 0.192 e. The van der Waals surface area contributed by atoms with Crippen LogP contribution in [0, 0.1) is 6.92 Å². The number of nitrogens with zero attached hydrogens (tertiary/aromatic N) is 2. The molecule has 2 N–H and O–H groups in total. The molecule has 1 unspecified atom stereocenters. The van der Waals surface area contributed by atoms with Gasteiger partial charge < -0.3 is 5.73 Å². The molecule has 0 saturated carbocycles. The van der Waals surface area contributed by atoms with Gasteiger partial charge in [0.05, 0.1) is 0 Å². The minimum Gasteiger partial charge on any atom is -0.328 e. The van der Waals surface area contributed by atoms with Gasteiger partial charge in [-0.2, -0.15) is 0 Å². The second-order valence-electron chi connectivity index (χ2n) is 4.47. The molecule has 1 atom stereocenters. The van der Waals surface area contributed by atoms with Crippen molar-refractivity contribution in [1.82, 2.24) is 9.97 Å². The van der Waals surface area contributed by atoms with E-state index in [1.807, 2.05) is 19.3 Å². The molecule has 3 nitrogen and oxygen atoms in total. The quantitative estimate of drug-likeness (QED) is 0.858. The van der Waals surface area contributed by atoms with Gasteiger partial charge in [0.2, 0.25) is 0 Å². The largest absolute Gasteiger partial charge is 0.328 e. The third-order valence-electron chi connectivity index (χ3n) is 2.47. The Kier molecular flexibility index (Phi) is 4.33. The van der Waals surface area contributed by atoms with E-state index in [1.54, 1.807) is 11.8 Å². The van der Waals surface area contributed by atoms with Gasteiger partial charge in [-0.1, -0.05) is 17.7 Å². The van der Waals surface area contributed by atoms with Crippen molar-refractivity contribution in [3.63, 3.8) is 0 Å². The highest BCUT2D eigenvalue weighted by Gasteiger charge is 2.02. The summed E-state index contributed by atoms with van der Waals surface area (Å²) < 4.78 is 0. The molecule has 1 aromatic heterocycles. The Balaban J connectivity index is 2.04. The first-order valence-electron chi connectivity index (χ1n) is 5.94. The number of benzene rings is 1. The summed E-state index contributed by atoms with van der Waals surface area (Å²) in [6.07, 6.45) is 4.52. The Morgan fingerprint density at radius 1 is 1.17 bits per heavy atom. The average Bonchev–Trinajstić information content (AvgIpc) is 2.34. The third kappa shape index (κ3) is 3.82. The Morgan fingerprint density at radius 3 is 2.33 bits per heavy atom. The Labute approximate surface area is 112 Å². The number of hydrogen-bond acceptors (Lipinski definition) is 4. The number of aromatic nitrogens is 2. The molecule has 0 aliphatic heterocycles. The van der Waals surface area contributed by atoms with Crippen LogP contribution in [0.3, 0.4) is 0 Å². The number of rotatable bonds is 4. The van der Waals surface area contributed by atoms with E-state index in [4.69, 9.17) is 5.73 Å². The number of hydrogen-bond donors (Lipinski definition) is 1. The van der Waals surface area contributed by atoms with Gasteiger partial charge >= 0.3 is 0 Å². The van der Waals surface area contributed by atoms with Gasteiger partial charge in [0.15, 0.2) is 5.16 Å². The van der Waals surface area contributed by atoms with Crippen LogP contribution in [0.15, 0.2) is 46.7 Å². The molecule has 2 rings (SSSR count). The van der Waals surface area contributed by atoms with Crippen LogP contribution in [-0.2, 0) is 6.42 Å². The lowest BCUT2D eigenvalue weighted by molar-refractivity contribution is 0.727. The third-order valence-corrected chi connectivity index (χ3v) is 3.37. The molecular formula is C14H17N3S. The van der Waals surface area contributed by atoms with E-state index in [2.05, 4.69) is 41.2 Å². The molecule has 1 aromatic carbocycles. The van der Waals surface area contributed by atoms with Crippen molar-refractivity contribution in [3.8, 4) is 0 Å². The van der Waals surface area contributed by atoms with Crippen molar-refractivity contribution >= 4 is 11.8 Å². The summed E-state index contributed by atoms with van der Waals surface area (Å²) in [5, 5.41) is 0.771. The van der Waals surface area contributed by atoms with Crippen molar-refractivity contribution in [2.75, 3.05) is 0 Å². The minimum absolute atomic E-state index is 0.143. The molecule has 0 aliphatic rings. The summed E-state index contributed by atoms with van der Waals surface area (Å²) >= 11 is 1.57. The molecule has 18 heavy (non-hydrogen) atoms. The fraction of sp³-hybridized carbons (Fsp3) is 0.286. The van der Waals surface area contributed by atoms with Gasteiger partial charge in [-0.15, -0.1) is 0 Å². The van der Waals surface area contributed by atoms with E-state index in [0.717, 1.165) is 22.0 Å². The topological polar surface area (TPSA) is 51.8 Å². The Hall–Kier alpha value is -1.39. The van der Waals surface area contributed by atoms with E-state index in [1.165, 1.54) is 5.56 Å². The zero-order valence-corrected chi connectivity index (χ0v) is 11.4. The molecule has 0 radical (unpaired) electrons. The zero-order chi connectivity index (χ0) is 13.0. The second kappa shape index (κ2) is 5.98. The molecule has 0 saturated heterocycles. The van der Waals surface area contributed by atoms with E-state index in [9.17, 15) is 0 Å². The highest BCUT2D eigenvalue weighted by Crippen LogP contribution is 2.24. The van der Waals surface area contributed by atoms with Crippen LogP contribution in [0.1, 0.15) is 18.1 Å². The Morgan fingerprint density at radius 2 is 1.78 bits per heavy atom. The van der Waals surface area contributed by atoms with Gasteiger partial charge in [-0.25, -0.2) is 9.97 Å². The normalized spacial score (nSPS) is 12.4. The zero-order valence-electron chi connectivity index (χ0n) is 10.6. The average molecular weight is 259 g/mol. The standard InChI is InChI=1S/C14H17N3S/c1-10-3-5-13(6-4-10)18-14-16-8-12(9-17-14)7-11(2)15/h3-6,8-9,11H,7,15H2,1-2H3. The SMILES string of the molecule is Cc1ccc(Sc2ncc(CC(C)N)cn2)cc1. The summed E-state index contributed by atoms with van der Waals surface area (Å²) in [6.45, 7) is 4.06. The molecule has 0 fully saturated rings. The predicted octanol–water partition coefficient (Wildman–Crippen LogP) is 2.83. The monoisotopic (exact) mass is 259 g/mol. The van der Waals surface area contributed by atoms with Gasteiger partial charge in [0, 0.05) is 23.3 Å². The molecule has 0 bridgehead atoms. The van der Waals surface area contributed by atoms with Crippen molar-refractivity contribution in [2.24, 2.45) is 5.73 Å². The summed E-state index contributed by atoms with van der Waals surface area (Å²) in [5.41, 5.74) is 8.08. The molecule has 0 spiro atoms. The second-order valence-corrected chi connectivity index (χ2v) is 5.51. The van der Waals surface area contributed by atoms with Crippen molar-refractivity contribution in [3.05, 3.63) is 47.8 Å². The molecular weight excluding hydrogens is 242 g/mol.